The fraction of sp³-hybridized carbons (Fsp3) is 0.211. The molecule has 0 saturated carbocycles. The molecular formula is C19H18Cl2N2O4. The van der Waals surface area contributed by atoms with Crippen molar-refractivity contribution in [2.75, 3.05) is 11.9 Å². The Bertz CT molecular complexity index is 853. The summed E-state index contributed by atoms with van der Waals surface area (Å²) in [7, 11) is 0. The third-order valence-electron chi connectivity index (χ3n) is 3.62. The Labute approximate surface area is 166 Å². The molecule has 1 unspecified atom stereocenters. The molecule has 0 heterocycles. The highest BCUT2D eigenvalue weighted by Gasteiger charge is 2.19. The SMILES string of the molecule is Cc1ccc(NC(=O)C(C)OC(=O)CNC(=O)c2ccc(Cl)cc2)cc1Cl. The van der Waals surface area contributed by atoms with Crippen LogP contribution in [-0.2, 0) is 14.3 Å². The second kappa shape index (κ2) is 9.39. The lowest BCUT2D eigenvalue weighted by atomic mass is 10.2. The molecule has 2 aromatic carbocycles. The number of aryl methyl sites for hydroxylation is 1. The van der Waals surface area contributed by atoms with Gasteiger partial charge in [-0.3, -0.25) is 14.4 Å². The fourth-order valence-electron chi connectivity index (χ4n) is 2.06. The zero-order chi connectivity index (χ0) is 20.0. The van der Waals surface area contributed by atoms with E-state index in [9.17, 15) is 14.4 Å². The summed E-state index contributed by atoms with van der Waals surface area (Å²) in [6.07, 6.45) is -1.04. The molecule has 0 radical (unpaired) electrons. The molecule has 1 atom stereocenters. The second-order valence-electron chi connectivity index (χ2n) is 5.77. The van der Waals surface area contributed by atoms with Crippen LogP contribution >= 0.6 is 23.2 Å². The number of hydrogen-bond acceptors (Lipinski definition) is 4. The third-order valence-corrected chi connectivity index (χ3v) is 4.28. The van der Waals surface area contributed by atoms with Crippen molar-refractivity contribution >= 4 is 46.7 Å². The molecule has 2 amide bonds. The average Bonchev–Trinajstić information content (AvgIpc) is 2.63. The molecule has 0 fully saturated rings. The van der Waals surface area contributed by atoms with Crippen molar-refractivity contribution in [1.82, 2.24) is 5.32 Å². The lowest BCUT2D eigenvalue weighted by Gasteiger charge is -2.14. The van der Waals surface area contributed by atoms with Gasteiger partial charge in [-0.1, -0.05) is 29.3 Å². The first kappa shape index (κ1) is 20.7. The van der Waals surface area contributed by atoms with E-state index in [4.69, 9.17) is 27.9 Å². The van der Waals surface area contributed by atoms with E-state index >= 15 is 0 Å². The summed E-state index contributed by atoms with van der Waals surface area (Å²) >= 11 is 11.8. The maximum atomic E-state index is 12.1. The first-order valence-electron chi connectivity index (χ1n) is 8.06. The van der Waals surface area contributed by atoms with Crippen molar-refractivity contribution in [1.29, 1.82) is 0 Å². The van der Waals surface area contributed by atoms with Crippen LogP contribution < -0.4 is 10.6 Å². The predicted octanol–water partition coefficient (Wildman–Crippen LogP) is 3.60. The number of halogens is 2. The van der Waals surface area contributed by atoms with Gasteiger partial charge in [0.05, 0.1) is 0 Å². The smallest absolute Gasteiger partial charge is 0.326 e. The van der Waals surface area contributed by atoms with Gasteiger partial charge in [-0.15, -0.1) is 0 Å². The van der Waals surface area contributed by atoms with Crippen molar-refractivity contribution in [3.05, 3.63) is 63.6 Å². The minimum atomic E-state index is -1.04. The second-order valence-corrected chi connectivity index (χ2v) is 6.62. The number of carbonyl (C=O) groups is 3. The number of amides is 2. The van der Waals surface area contributed by atoms with Crippen molar-refractivity contribution in [2.24, 2.45) is 0 Å². The minimum Gasteiger partial charge on any atom is -0.451 e. The van der Waals surface area contributed by atoms with E-state index in [1.807, 2.05) is 6.92 Å². The van der Waals surface area contributed by atoms with E-state index in [2.05, 4.69) is 10.6 Å². The molecule has 0 bridgehead atoms. The van der Waals surface area contributed by atoms with Crippen LogP contribution in [0.2, 0.25) is 10.0 Å². The minimum absolute atomic E-state index is 0.356. The number of hydrogen-bond donors (Lipinski definition) is 2. The van der Waals surface area contributed by atoms with Gasteiger partial charge in [0.25, 0.3) is 11.8 Å². The van der Waals surface area contributed by atoms with Crippen molar-refractivity contribution in [2.45, 2.75) is 20.0 Å². The lowest BCUT2D eigenvalue weighted by Crippen LogP contribution is -2.35. The zero-order valence-electron chi connectivity index (χ0n) is 14.7. The average molecular weight is 409 g/mol. The summed E-state index contributed by atoms with van der Waals surface area (Å²) in [6, 6.07) is 11.3. The topological polar surface area (TPSA) is 84.5 Å². The molecule has 0 aliphatic heterocycles. The highest BCUT2D eigenvalue weighted by Crippen LogP contribution is 2.20. The van der Waals surface area contributed by atoms with Gasteiger partial charge in [-0.25, -0.2) is 0 Å². The summed E-state index contributed by atoms with van der Waals surface area (Å²) < 4.78 is 5.02. The Kier molecular flexibility index (Phi) is 7.21. The Hall–Kier alpha value is -2.57. The van der Waals surface area contributed by atoms with Crippen molar-refractivity contribution in [3.8, 4) is 0 Å². The third kappa shape index (κ3) is 6.27. The quantitative estimate of drug-likeness (QED) is 0.714. The van der Waals surface area contributed by atoms with Gasteiger partial charge in [-0.05, 0) is 55.8 Å². The standard InChI is InChI=1S/C19H18Cl2N2O4/c1-11-3-8-15(9-16(11)21)23-18(25)12(2)27-17(24)10-22-19(26)13-4-6-14(20)7-5-13/h3-9,12H,10H2,1-2H3,(H,22,26)(H,23,25). The van der Waals surface area contributed by atoms with Crippen molar-refractivity contribution < 1.29 is 19.1 Å². The number of carbonyl (C=O) groups excluding carboxylic acids is 3. The Morgan fingerprint density at radius 1 is 1.07 bits per heavy atom. The highest BCUT2D eigenvalue weighted by atomic mass is 35.5. The summed E-state index contributed by atoms with van der Waals surface area (Å²) in [4.78, 5) is 35.9. The van der Waals surface area contributed by atoms with Crippen LogP contribution in [-0.4, -0.2) is 30.4 Å². The summed E-state index contributed by atoms with van der Waals surface area (Å²) in [5.41, 5.74) is 1.73. The Morgan fingerprint density at radius 3 is 2.37 bits per heavy atom. The van der Waals surface area contributed by atoms with Gasteiger partial charge in [0.1, 0.15) is 6.54 Å². The van der Waals surface area contributed by atoms with Crippen LogP contribution in [0, 0.1) is 6.92 Å². The molecule has 2 N–H and O–H groups in total. The molecule has 142 valence electrons. The van der Waals surface area contributed by atoms with Crippen molar-refractivity contribution in [3.63, 3.8) is 0 Å². The molecule has 27 heavy (non-hydrogen) atoms. The van der Waals surface area contributed by atoms with E-state index in [0.717, 1.165) is 5.56 Å². The van der Waals surface area contributed by atoms with E-state index in [0.29, 0.717) is 21.3 Å². The number of anilines is 1. The molecule has 2 aromatic rings. The summed E-state index contributed by atoms with van der Waals surface area (Å²) in [6.45, 7) is 2.91. The van der Waals surface area contributed by atoms with Gasteiger partial charge < -0.3 is 15.4 Å². The number of benzene rings is 2. The van der Waals surface area contributed by atoms with E-state index in [-0.39, 0.29) is 6.54 Å². The van der Waals surface area contributed by atoms with Crippen LogP contribution in [0.1, 0.15) is 22.8 Å². The van der Waals surface area contributed by atoms with Gasteiger partial charge >= 0.3 is 5.97 Å². The van der Waals surface area contributed by atoms with Gasteiger partial charge in [-0.2, -0.15) is 0 Å². The van der Waals surface area contributed by atoms with E-state index in [1.165, 1.54) is 19.1 Å². The highest BCUT2D eigenvalue weighted by molar-refractivity contribution is 6.31. The van der Waals surface area contributed by atoms with E-state index < -0.39 is 23.9 Å². The van der Waals surface area contributed by atoms with Crippen LogP contribution in [0.3, 0.4) is 0 Å². The maximum absolute atomic E-state index is 12.1. The summed E-state index contributed by atoms with van der Waals surface area (Å²) in [5.74, 6) is -1.69. The lowest BCUT2D eigenvalue weighted by molar-refractivity contribution is -0.152. The molecule has 2 rings (SSSR count). The molecule has 8 heteroatoms. The van der Waals surface area contributed by atoms with Gasteiger partial charge in [0, 0.05) is 21.3 Å². The predicted molar refractivity (Wildman–Crippen MR) is 104 cm³/mol. The van der Waals surface area contributed by atoms with Crippen LogP contribution in [0.25, 0.3) is 0 Å². The van der Waals surface area contributed by atoms with Crippen LogP contribution in [0.4, 0.5) is 5.69 Å². The Balaban J connectivity index is 1.81. The monoisotopic (exact) mass is 408 g/mol. The Morgan fingerprint density at radius 2 is 1.74 bits per heavy atom. The molecule has 0 aliphatic carbocycles. The number of esters is 1. The largest absolute Gasteiger partial charge is 0.451 e. The van der Waals surface area contributed by atoms with E-state index in [1.54, 1.807) is 30.3 Å². The van der Waals surface area contributed by atoms with Crippen LogP contribution in [0.15, 0.2) is 42.5 Å². The molecule has 0 spiro atoms. The molecular weight excluding hydrogens is 391 g/mol. The molecule has 6 nitrogen and oxygen atoms in total. The van der Waals surface area contributed by atoms with Gasteiger partial charge in [0.2, 0.25) is 0 Å². The number of ether oxygens (including phenoxy) is 1. The summed E-state index contributed by atoms with van der Waals surface area (Å²) in [5, 5.41) is 6.05. The molecule has 0 saturated heterocycles. The zero-order valence-corrected chi connectivity index (χ0v) is 16.2. The normalized spacial score (nSPS) is 11.4. The van der Waals surface area contributed by atoms with Gasteiger partial charge in [0.15, 0.2) is 6.10 Å². The fourth-order valence-corrected chi connectivity index (χ4v) is 2.37. The first-order valence-corrected chi connectivity index (χ1v) is 8.82. The molecule has 0 aromatic heterocycles. The maximum Gasteiger partial charge on any atom is 0.326 e. The first-order chi connectivity index (χ1) is 12.8. The van der Waals surface area contributed by atoms with Crippen LogP contribution in [0.5, 0.6) is 0 Å². The number of nitrogens with one attached hydrogen (secondary N) is 2. The molecule has 0 aliphatic rings. The number of rotatable bonds is 6.